The molecule has 1 rings (SSSR count). The molecule has 0 aliphatic heterocycles. The van der Waals surface area contributed by atoms with E-state index in [-0.39, 0.29) is 12.6 Å². The van der Waals surface area contributed by atoms with Crippen molar-refractivity contribution in [2.24, 2.45) is 5.84 Å². The van der Waals surface area contributed by atoms with E-state index in [1.165, 1.54) is 6.20 Å². The maximum atomic E-state index is 11.9. The van der Waals surface area contributed by atoms with Crippen molar-refractivity contribution >= 4 is 11.6 Å². The first-order valence-corrected chi connectivity index (χ1v) is 6.01. The molecule has 0 spiro atoms. The number of alkyl halides is 2. The fourth-order valence-corrected chi connectivity index (χ4v) is 1.92. The van der Waals surface area contributed by atoms with E-state index in [4.69, 9.17) is 22.2 Å². The van der Waals surface area contributed by atoms with E-state index in [1.54, 1.807) is 4.68 Å². The van der Waals surface area contributed by atoms with Gasteiger partial charge in [0.05, 0.1) is 23.0 Å². The molecule has 0 saturated carbocycles. The number of nitrogens with two attached hydrogens (primary N) is 1. The van der Waals surface area contributed by atoms with Crippen molar-refractivity contribution < 1.29 is 13.5 Å². The molecule has 8 heteroatoms. The molecule has 1 unspecified atom stereocenters. The quantitative estimate of drug-likeness (QED) is 0.433. The van der Waals surface area contributed by atoms with Gasteiger partial charge in [-0.15, -0.1) is 0 Å². The second-order valence-corrected chi connectivity index (χ2v) is 4.07. The van der Waals surface area contributed by atoms with Crippen LogP contribution in [0.25, 0.3) is 0 Å². The Labute approximate surface area is 109 Å². The van der Waals surface area contributed by atoms with Crippen molar-refractivity contribution in [2.75, 3.05) is 13.2 Å². The monoisotopic (exact) mass is 282 g/mol. The summed E-state index contributed by atoms with van der Waals surface area (Å²) in [5.41, 5.74) is 3.33. The van der Waals surface area contributed by atoms with Crippen LogP contribution in [0, 0.1) is 0 Å². The molecule has 1 heterocycles. The molecule has 0 aliphatic rings. The molecule has 0 radical (unpaired) electrons. The molecule has 0 aromatic carbocycles. The highest BCUT2D eigenvalue weighted by atomic mass is 35.5. The van der Waals surface area contributed by atoms with Gasteiger partial charge in [0.25, 0.3) is 6.43 Å². The Kier molecular flexibility index (Phi) is 6.48. The third-order valence-corrected chi connectivity index (χ3v) is 2.75. The summed E-state index contributed by atoms with van der Waals surface area (Å²) in [5, 5.41) is 4.58. The van der Waals surface area contributed by atoms with E-state index in [2.05, 4.69) is 10.5 Å². The van der Waals surface area contributed by atoms with Gasteiger partial charge in [0.2, 0.25) is 0 Å². The SMILES string of the molecule is CCn1ncc(Cl)c1C(CCOCC(F)F)NN. The Morgan fingerprint density at radius 3 is 2.89 bits per heavy atom. The Morgan fingerprint density at radius 1 is 1.61 bits per heavy atom. The fourth-order valence-electron chi connectivity index (χ4n) is 1.64. The van der Waals surface area contributed by atoms with E-state index < -0.39 is 13.0 Å². The van der Waals surface area contributed by atoms with Crippen LogP contribution in [-0.4, -0.2) is 29.4 Å². The molecule has 0 aliphatic carbocycles. The lowest BCUT2D eigenvalue weighted by Crippen LogP contribution is -2.31. The number of rotatable bonds is 8. The summed E-state index contributed by atoms with van der Waals surface area (Å²) < 4.78 is 30.3. The predicted molar refractivity (Wildman–Crippen MR) is 64.4 cm³/mol. The number of hydrazine groups is 1. The van der Waals surface area contributed by atoms with Crippen LogP contribution in [0.5, 0.6) is 0 Å². The lowest BCUT2D eigenvalue weighted by Gasteiger charge is -2.17. The van der Waals surface area contributed by atoms with Gasteiger partial charge in [-0.3, -0.25) is 16.0 Å². The van der Waals surface area contributed by atoms with Gasteiger partial charge in [0, 0.05) is 13.2 Å². The summed E-state index contributed by atoms with van der Waals surface area (Å²) in [4.78, 5) is 0. The lowest BCUT2D eigenvalue weighted by atomic mass is 10.1. The summed E-state index contributed by atoms with van der Waals surface area (Å²) in [6.45, 7) is 2.17. The van der Waals surface area contributed by atoms with Crippen molar-refractivity contribution in [1.82, 2.24) is 15.2 Å². The van der Waals surface area contributed by atoms with Gasteiger partial charge in [-0.2, -0.15) is 5.10 Å². The highest BCUT2D eigenvalue weighted by molar-refractivity contribution is 6.31. The number of hydrogen-bond acceptors (Lipinski definition) is 4. The summed E-state index contributed by atoms with van der Waals surface area (Å²) in [6.07, 6.45) is -0.488. The van der Waals surface area contributed by atoms with E-state index in [0.717, 1.165) is 5.69 Å². The molecular weight excluding hydrogens is 266 g/mol. The van der Waals surface area contributed by atoms with Gasteiger partial charge in [-0.05, 0) is 13.3 Å². The van der Waals surface area contributed by atoms with Crippen LogP contribution in [-0.2, 0) is 11.3 Å². The summed E-state index contributed by atoms with van der Waals surface area (Å²) >= 11 is 6.02. The van der Waals surface area contributed by atoms with Gasteiger partial charge < -0.3 is 4.74 Å². The van der Waals surface area contributed by atoms with E-state index >= 15 is 0 Å². The summed E-state index contributed by atoms with van der Waals surface area (Å²) in [7, 11) is 0. The molecule has 104 valence electrons. The third-order valence-electron chi connectivity index (χ3n) is 2.46. The zero-order valence-corrected chi connectivity index (χ0v) is 10.8. The Morgan fingerprint density at radius 2 is 2.33 bits per heavy atom. The van der Waals surface area contributed by atoms with Crippen molar-refractivity contribution in [3.8, 4) is 0 Å². The first-order valence-electron chi connectivity index (χ1n) is 5.63. The van der Waals surface area contributed by atoms with Crippen molar-refractivity contribution in [3.05, 3.63) is 16.9 Å². The third kappa shape index (κ3) is 4.16. The minimum atomic E-state index is -2.46. The van der Waals surface area contributed by atoms with Gasteiger partial charge in [-0.1, -0.05) is 11.6 Å². The Bertz CT molecular complexity index is 362. The molecule has 0 bridgehead atoms. The maximum absolute atomic E-state index is 11.9. The molecule has 0 saturated heterocycles. The average molecular weight is 283 g/mol. The molecule has 0 fully saturated rings. The van der Waals surface area contributed by atoms with Gasteiger partial charge in [0.1, 0.15) is 6.61 Å². The predicted octanol–water partition coefficient (Wildman–Crippen LogP) is 1.73. The van der Waals surface area contributed by atoms with Crippen molar-refractivity contribution in [1.29, 1.82) is 0 Å². The second-order valence-electron chi connectivity index (χ2n) is 3.67. The topological polar surface area (TPSA) is 65.1 Å². The zero-order valence-electron chi connectivity index (χ0n) is 10.1. The van der Waals surface area contributed by atoms with Crippen LogP contribution < -0.4 is 11.3 Å². The molecule has 1 atom stereocenters. The van der Waals surface area contributed by atoms with Gasteiger partial charge in [0.15, 0.2) is 0 Å². The summed E-state index contributed by atoms with van der Waals surface area (Å²) in [5.74, 6) is 5.45. The zero-order chi connectivity index (χ0) is 13.5. The number of hydrogen-bond donors (Lipinski definition) is 2. The number of nitrogens with zero attached hydrogens (tertiary/aromatic N) is 2. The number of halogens is 3. The van der Waals surface area contributed by atoms with Crippen LogP contribution in [0.4, 0.5) is 8.78 Å². The Hall–Kier alpha value is -0.760. The molecule has 0 amide bonds. The fraction of sp³-hybridized carbons (Fsp3) is 0.700. The highest BCUT2D eigenvalue weighted by Crippen LogP contribution is 2.24. The highest BCUT2D eigenvalue weighted by Gasteiger charge is 2.18. The molecule has 3 N–H and O–H groups in total. The molecular formula is C10H17ClF2N4O. The molecule has 1 aromatic heterocycles. The number of nitrogens with one attached hydrogen (secondary N) is 1. The van der Waals surface area contributed by atoms with Gasteiger partial charge >= 0.3 is 0 Å². The minimum absolute atomic E-state index is 0.171. The van der Waals surface area contributed by atoms with Crippen molar-refractivity contribution in [3.63, 3.8) is 0 Å². The molecule has 5 nitrogen and oxygen atoms in total. The smallest absolute Gasteiger partial charge is 0.261 e. The van der Waals surface area contributed by atoms with Crippen LogP contribution in [0.3, 0.4) is 0 Å². The first kappa shape index (κ1) is 15.3. The largest absolute Gasteiger partial charge is 0.375 e. The van der Waals surface area contributed by atoms with Gasteiger partial charge in [-0.25, -0.2) is 8.78 Å². The lowest BCUT2D eigenvalue weighted by molar-refractivity contribution is 0.0141. The van der Waals surface area contributed by atoms with Crippen LogP contribution in [0.15, 0.2) is 6.20 Å². The van der Waals surface area contributed by atoms with E-state index in [1.807, 2.05) is 6.92 Å². The molecule has 18 heavy (non-hydrogen) atoms. The van der Waals surface area contributed by atoms with E-state index in [0.29, 0.717) is 18.0 Å². The first-order chi connectivity index (χ1) is 8.60. The van der Waals surface area contributed by atoms with Crippen molar-refractivity contribution in [2.45, 2.75) is 32.4 Å². The maximum Gasteiger partial charge on any atom is 0.261 e. The average Bonchev–Trinajstić information content (AvgIpc) is 2.71. The van der Waals surface area contributed by atoms with Crippen LogP contribution in [0.1, 0.15) is 25.1 Å². The minimum Gasteiger partial charge on any atom is -0.375 e. The van der Waals surface area contributed by atoms with E-state index in [9.17, 15) is 8.78 Å². The summed E-state index contributed by atoms with van der Waals surface area (Å²) in [6, 6.07) is -0.280. The molecule has 1 aromatic rings. The number of aryl methyl sites for hydroxylation is 1. The second kappa shape index (κ2) is 7.63. The number of ether oxygens (including phenoxy) is 1. The standard InChI is InChI=1S/C10H17ClF2N4O/c1-2-17-10(7(11)5-15-17)8(16-14)3-4-18-6-9(12)13/h5,8-9,16H,2-4,6,14H2,1H3. The van der Waals surface area contributed by atoms with Crippen LogP contribution in [0.2, 0.25) is 5.02 Å². The normalized spacial score (nSPS) is 13.2. The number of aromatic nitrogens is 2. The van der Waals surface area contributed by atoms with Crippen LogP contribution >= 0.6 is 11.6 Å². The Balaban J connectivity index is 2.57.